The first-order chi connectivity index (χ1) is 11.0. The Balaban J connectivity index is 3.22. The first-order valence-corrected chi connectivity index (χ1v) is 8.27. The Labute approximate surface area is 138 Å². The van der Waals surface area contributed by atoms with E-state index in [4.69, 9.17) is 0 Å². The SMILES string of the molecule is CC#Cc1cn([N+](C)(CCCCC)CCCNC)c(=O)[nH]c1=O. The molecule has 0 radical (unpaired) electrons. The van der Waals surface area contributed by atoms with Gasteiger partial charge in [-0.15, -0.1) is 10.6 Å². The molecular formula is C17H29N4O2+. The van der Waals surface area contributed by atoms with Crippen LogP contribution in [0.25, 0.3) is 0 Å². The van der Waals surface area contributed by atoms with E-state index >= 15 is 0 Å². The molecule has 0 fully saturated rings. The predicted molar refractivity (Wildman–Crippen MR) is 95.1 cm³/mol. The van der Waals surface area contributed by atoms with Gasteiger partial charge in [0.05, 0.1) is 13.2 Å². The Morgan fingerprint density at radius 2 is 1.96 bits per heavy atom. The summed E-state index contributed by atoms with van der Waals surface area (Å²) in [7, 11) is 3.96. The molecule has 0 aliphatic rings. The maximum atomic E-state index is 12.3. The van der Waals surface area contributed by atoms with Crippen LogP contribution in [0.1, 0.15) is 45.1 Å². The number of quaternary nitrogens is 1. The minimum absolute atomic E-state index is 0.334. The zero-order valence-corrected chi connectivity index (χ0v) is 14.7. The number of aromatic amines is 1. The van der Waals surface area contributed by atoms with Crippen LogP contribution in [0.4, 0.5) is 0 Å². The smallest absolute Gasteiger partial charge is 0.320 e. The van der Waals surface area contributed by atoms with Crippen molar-refractivity contribution in [3.63, 3.8) is 0 Å². The number of hydrogen-bond donors (Lipinski definition) is 2. The van der Waals surface area contributed by atoms with Crippen LogP contribution in [-0.2, 0) is 0 Å². The van der Waals surface area contributed by atoms with Gasteiger partial charge >= 0.3 is 5.69 Å². The predicted octanol–water partition coefficient (Wildman–Crippen LogP) is 0.776. The molecule has 0 bridgehead atoms. The standard InChI is InChI=1S/C17H28N4O2/c1-5-7-8-12-21(4,13-9-11-18-3)20-14-15(10-6-2)16(22)19-17(20)23/h14,18H,5,7-9,11-13H2,1-4H3/p+1. The number of hydrogen-bond acceptors (Lipinski definition) is 3. The Kier molecular flexibility index (Phi) is 7.79. The van der Waals surface area contributed by atoms with Gasteiger partial charge in [-0.2, -0.15) is 0 Å². The van der Waals surface area contributed by atoms with Crippen LogP contribution in [0.15, 0.2) is 15.8 Å². The Morgan fingerprint density at radius 3 is 2.57 bits per heavy atom. The second-order valence-corrected chi connectivity index (χ2v) is 5.97. The molecule has 1 atom stereocenters. The van der Waals surface area contributed by atoms with E-state index in [0.29, 0.717) is 10.2 Å². The van der Waals surface area contributed by atoms with Gasteiger partial charge in [-0.1, -0.05) is 19.3 Å². The van der Waals surface area contributed by atoms with Gasteiger partial charge in [-0.25, -0.2) is 9.39 Å². The topological polar surface area (TPSA) is 66.9 Å². The molecule has 1 heterocycles. The molecule has 0 aliphatic heterocycles. The van der Waals surface area contributed by atoms with Crippen LogP contribution >= 0.6 is 0 Å². The lowest BCUT2D eigenvalue weighted by Gasteiger charge is -2.34. The quantitative estimate of drug-likeness (QED) is 0.401. The molecule has 0 aromatic carbocycles. The van der Waals surface area contributed by atoms with Gasteiger partial charge in [-0.3, -0.25) is 9.78 Å². The van der Waals surface area contributed by atoms with E-state index in [1.165, 1.54) is 0 Å². The van der Waals surface area contributed by atoms with Crippen LogP contribution in [0, 0.1) is 11.8 Å². The molecule has 0 saturated heterocycles. The van der Waals surface area contributed by atoms with Gasteiger partial charge in [0.15, 0.2) is 0 Å². The summed E-state index contributed by atoms with van der Waals surface area (Å²) in [6.45, 7) is 6.39. The van der Waals surface area contributed by atoms with Gasteiger partial charge in [0.1, 0.15) is 18.7 Å². The summed E-state index contributed by atoms with van der Waals surface area (Å²) in [5, 5.41) is 3.14. The summed E-state index contributed by atoms with van der Waals surface area (Å²) < 4.78 is 2.07. The van der Waals surface area contributed by atoms with Crippen molar-refractivity contribution in [2.45, 2.75) is 39.5 Å². The Hall–Kier alpha value is -1.84. The van der Waals surface area contributed by atoms with E-state index < -0.39 is 5.56 Å². The van der Waals surface area contributed by atoms with Gasteiger partial charge in [0.2, 0.25) is 0 Å². The van der Waals surface area contributed by atoms with E-state index in [-0.39, 0.29) is 5.69 Å². The lowest BCUT2D eigenvalue weighted by molar-refractivity contribution is 0.143. The molecule has 128 valence electrons. The second kappa shape index (κ2) is 9.33. The third-order valence-corrected chi connectivity index (χ3v) is 4.01. The van der Waals surface area contributed by atoms with E-state index in [1.807, 2.05) is 14.1 Å². The first kappa shape index (κ1) is 19.2. The van der Waals surface area contributed by atoms with Crippen LogP contribution in [0.5, 0.6) is 0 Å². The third-order valence-electron chi connectivity index (χ3n) is 4.01. The fraction of sp³-hybridized carbons (Fsp3) is 0.647. The number of aromatic nitrogens is 2. The minimum Gasteiger partial charge on any atom is -0.320 e. The van der Waals surface area contributed by atoms with E-state index in [0.717, 1.165) is 45.3 Å². The van der Waals surface area contributed by atoms with E-state index in [9.17, 15) is 9.59 Å². The van der Waals surface area contributed by atoms with Crippen LogP contribution in [0.2, 0.25) is 0 Å². The maximum absolute atomic E-state index is 12.3. The van der Waals surface area contributed by atoms with Gasteiger partial charge in [-0.05, 0) is 26.8 Å². The fourth-order valence-corrected chi connectivity index (χ4v) is 2.67. The summed E-state index contributed by atoms with van der Waals surface area (Å²) in [5.41, 5.74) is -0.461. The van der Waals surface area contributed by atoms with Gasteiger partial charge in [0, 0.05) is 13.0 Å². The lowest BCUT2D eigenvalue weighted by Crippen LogP contribution is -2.61. The van der Waals surface area contributed by atoms with Crippen molar-refractivity contribution in [1.82, 2.24) is 19.6 Å². The number of H-pyrrole nitrogens is 1. The fourth-order valence-electron chi connectivity index (χ4n) is 2.67. The molecular weight excluding hydrogens is 292 g/mol. The maximum Gasteiger partial charge on any atom is 0.372 e. The van der Waals surface area contributed by atoms with E-state index in [2.05, 4.69) is 29.1 Å². The van der Waals surface area contributed by atoms with E-state index in [1.54, 1.807) is 17.8 Å². The highest BCUT2D eigenvalue weighted by molar-refractivity contribution is 5.28. The van der Waals surface area contributed by atoms with Crippen molar-refractivity contribution >= 4 is 0 Å². The highest BCUT2D eigenvalue weighted by Crippen LogP contribution is 2.06. The largest absolute Gasteiger partial charge is 0.372 e. The van der Waals surface area contributed by atoms with Crippen LogP contribution < -0.4 is 21.2 Å². The molecule has 1 aromatic heterocycles. The van der Waals surface area contributed by atoms with Crippen molar-refractivity contribution in [1.29, 1.82) is 0 Å². The number of nitrogens with zero attached hydrogens (tertiary/aromatic N) is 2. The average Bonchev–Trinajstić information content (AvgIpc) is 2.50. The lowest BCUT2D eigenvalue weighted by atomic mass is 10.2. The molecule has 1 aromatic rings. The van der Waals surface area contributed by atoms with Crippen molar-refractivity contribution in [2.75, 3.05) is 33.7 Å². The molecule has 0 amide bonds. The highest BCUT2D eigenvalue weighted by Gasteiger charge is 2.26. The van der Waals surface area contributed by atoms with Crippen molar-refractivity contribution < 1.29 is 0 Å². The van der Waals surface area contributed by atoms with Gasteiger partial charge < -0.3 is 5.32 Å². The van der Waals surface area contributed by atoms with Crippen LogP contribution in [0.3, 0.4) is 0 Å². The van der Waals surface area contributed by atoms with Crippen LogP contribution in [-0.4, -0.2) is 43.4 Å². The molecule has 6 heteroatoms. The molecule has 0 spiro atoms. The number of rotatable bonds is 9. The second-order valence-electron chi connectivity index (χ2n) is 5.97. The molecule has 1 rings (SSSR count). The number of unbranched alkanes of at least 4 members (excludes halogenated alkanes) is 2. The van der Waals surface area contributed by atoms with Crippen molar-refractivity contribution in [3.8, 4) is 11.8 Å². The number of nitrogens with one attached hydrogen (secondary N) is 2. The highest BCUT2D eigenvalue weighted by atomic mass is 16.2. The summed E-state index contributed by atoms with van der Waals surface area (Å²) >= 11 is 0. The molecule has 0 saturated carbocycles. The summed E-state index contributed by atoms with van der Waals surface area (Å²) in [6, 6.07) is 0. The molecule has 23 heavy (non-hydrogen) atoms. The monoisotopic (exact) mass is 321 g/mol. The molecule has 2 N–H and O–H groups in total. The molecule has 6 nitrogen and oxygen atoms in total. The normalized spacial score (nSPS) is 13.2. The Bertz CT molecular complexity index is 654. The summed E-state index contributed by atoms with van der Waals surface area (Å²) in [5.74, 6) is 5.50. The zero-order chi connectivity index (χ0) is 17.3. The summed E-state index contributed by atoms with van der Waals surface area (Å²) in [6.07, 6.45) is 5.83. The zero-order valence-electron chi connectivity index (χ0n) is 14.7. The van der Waals surface area contributed by atoms with Crippen molar-refractivity contribution in [3.05, 3.63) is 32.6 Å². The van der Waals surface area contributed by atoms with Crippen molar-refractivity contribution in [2.24, 2.45) is 0 Å². The molecule has 1 unspecified atom stereocenters. The average molecular weight is 321 g/mol. The van der Waals surface area contributed by atoms with Gasteiger partial charge in [0.25, 0.3) is 5.56 Å². The Morgan fingerprint density at radius 1 is 1.26 bits per heavy atom. The molecule has 0 aliphatic carbocycles. The third kappa shape index (κ3) is 5.38. The first-order valence-electron chi connectivity index (χ1n) is 8.27. The minimum atomic E-state index is -0.420. The summed E-state index contributed by atoms with van der Waals surface area (Å²) in [4.78, 5) is 26.6.